The lowest BCUT2D eigenvalue weighted by atomic mass is 10.2. The quantitative estimate of drug-likeness (QED) is 0.773. The molecule has 0 saturated carbocycles. The molecule has 0 aliphatic rings. The molecular weight excluding hydrogens is 224 g/mol. The second-order valence-electron chi connectivity index (χ2n) is 3.94. The van der Waals surface area contributed by atoms with Crippen LogP contribution in [-0.4, -0.2) is 39.2 Å². The maximum absolute atomic E-state index is 5.89. The van der Waals surface area contributed by atoms with Gasteiger partial charge in [-0.2, -0.15) is 0 Å². The molecule has 3 nitrogen and oxygen atoms in total. The SMILES string of the molecule is COc1cc(Cl)ccc1CNCCN(C)C. The number of hydrogen-bond donors (Lipinski definition) is 1. The average molecular weight is 243 g/mol. The number of nitrogens with zero attached hydrogens (tertiary/aromatic N) is 1. The fourth-order valence-corrected chi connectivity index (χ4v) is 1.55. The zero-order valence-corrected chi connectivity index (χ0v) is 10.8. The second-order valence-corrected chi connectivity index (χ2v) is 4.37. The van der Waals surface area contributed by atoms with E-state index in [9.17, 15) is 0 Å². The van der Waals surface area contributed by atoms with Gasteiger partial charge in [0.25, 0.3) is 0 Å². The van der Waals surface area contributed by atoms with Crippen LogP contribution in [0, 0.1) is 0 Å². The van der Waals surface area contributed by atoms with Crippen molar-refractivity contribution in [3.05, 3.63) is 28.8 Å². The van der Waals surface area contributed by atoms with Crippen LogP contribution in [0.5, 0.6) is 5.75 Å². The third-order valence-corrected chi connectivity index (χ3v) is 2.54. The average Bonchev–Trinajstić information content (AvgIpc) is 2.25. The molecule has 1 aromatic rings. The van der Waals surface area contributed by atoms with Gasteiger partial charge in [-0.15, -0.1) is 0 Å². The van der Waals surface area contributed by atoms with E-state index in [0.29, 0.717) is 5.02 Å². The van der Waals surface area contributed by atoms with E-state index in [1.54, 1.807) is 7.11 Å². The van der Waals surface area contributed by atoms with Crippen molar-refractivity contribution >= 4 is 11.6 Å². The summed E-state index contributed by atoms with van der Waals surface area (Å²) in [5.74, 6) is 0.838. The number of rotatable bonds is 6. The summed E-state index contributed by atoms with van der Waals surface area (Å²) in [6, 6.07) is 5.71. The summed E-state index contributed by atoms with van der Waals surface area (Å²) in [6.45, 7) is 2.78. The van der Waals surface area contributed by atoms with Crippen LogP contribution >= 0.6 is 11.6 Å². The van der Waals surface area contributed by atoms with Crippen LogP contribution in [0.25, 0.3) is 0 Å². The number of likely N-dealkylation sites (N-methyl/N-ethyl adjacent to an activating group) is 1. The Balaban J connectivity index is 2.47. The zero-order valence-electron chi connectivity index (χ0n) is 10.1. The van der Waals surface area contributed by atoms with Gasteiger partial charge in [0, 0.05) is 30.2 Å². The lowest BCUT2D eigenvalue weighted by Crippen LogP contribution is -2.26. The van der Waals surface area contributed by atoms with Crippen LogP contribution in [0.3, 0.4) is 0 Å². The summed E-state index contributed by atoms with van der Waals surface area (Å²) in [7, 11) is 5.78. The van der Waals surface area contributed by atoms with E-state index in [-0.39, 0.29) is 0 Å². The molecule has 90 valence electrons. The fraction of sp³-hybridized carbons (Fsp3) is 0.500. The van der Waals surface area contributed by atoms with Crippen molar-refractivity contribution in [3.8, 4) is 5.75 Å². The number of benzene rings is 1. The molecule has 0 saturated heterocycles. The van der Waals surface area contributed by atoms with Crippen molar-refractivity contribution in [2.24, 2.45) is 0 Å². The minimum Gasteiger partial charge on any atom is -0.496 e. The Bertz CT molecular complexity index is 329. The molecule has 1 N–H and O–H groups in total. The van der Waals surface area contributed by atoms with Gasteiger partial charge in [-0.1, -0.05) is 17.7 Å². The number of methoxy groups -OCH3 is 1. The lowest BCUT2D eigenvalue weighted by molar-refractivity contribution is 0.392. The highest BCUT2D eigenvalue weighted by Crippen LogP contribution is 2.22. The topological polar surface area (TPSA) is 24.5 Å². The van der Waals surface area contributed by atoms with Gasteiger partial charge in [0.05, 0.1) is 7.11 Å². The van der Waals surface area contributed by atoms with E-state index in [2.05, 4.69) is 24.3 Å². The summed E-state index contributed by atoms with van der Waals surface area (Å²) in [5.41, 5.74) is 1.13. The standard InChI is InChI=1S/C12H19ClN2O/c1-15(2)7-6-14-9-10-4-5-11(13)8-12(10)16-3/h4-5,8,14H,6-7,9H2,1-3H3. The zero-order chi connectivity index (χ0) is 12.0. The van der Waals surface area contributed by atoms with Gasteiger partial charge in [0.1, 0.15) is 5.75 Å². The van der Waals surface area contributed by atoms with E-state index >= 15 is 0 Å². The first-order valence-electron chi connectivity index (χ1n) is 5.31. The van der Waals surface area contributed by atoms with Gasteiger partial charge in [-0.3, -0.25) is 0 Å². The molecule has 1 rings (SSSR count). The van der Waals surface area contributed by atoms with E-state index < -0.39 is 0 Å². The van der Waals surface area contributed by atoms with Crippen LogP contribution < -0.4 is 10.1 Å². The normalized spacial score (nSPS) is 10.8. The van der Waals surface area contributed by atoms with Gasteiger partial charge in [-0.05, 0) is 26.2 Å². The predicted molar refractivity (Wildman–Crippen MR) is 68.3 cm³/mol. The summed E-state index contributed by atoms with van der Waals surface area (Å²) in [4.78, 5) is 2.14. The highest BCUT2D eigenvalue weighted by atomic mass is 35.5. The molecular formula is C12H19ClN2O. The monoisotopic (exact) mass is 242 g/mol. The third kappa shape index (κ3) is 4.39. The first-order chi connectivity index (χ1) is 7.63. The molecule has 1 aromatic carbocycles. The fourth-order valence-electron chi connectivity index (χ4n) is 1.39. The Labute approximate surface area is 102 Å². The van der Waals surface area contributed by atoms with E-state index in [1.807, 2.05) is 18.2 Å². The van der Waals surface area contributed by atoms with E-state index in [1.165, 1.54) is 0 Å². The molecule has 0 radical (unpaired) electrons. The molecule has 0 aliphatic carbocycles. The highest BCUT2D eigenvalue weighted by Gasteiger charge is 2.03. The maximum Gasteiger partial charge on any atom is 0.124 e. The number of ether oxygens (including phenoxy) is 1. The predicted octanol–water partition coefficient (Wildman–Crippen LogP) is 2.00. The van der Waals surface area contributed by atoms with Crippen molar-refractivity contribution in [2.45, 2.75) is 6.54 Å². The minimum atomic E-state index is 0.703. The van der Waals surface area contributed by atoms with Crippen molar-refractivity contribution in [1.29, 1.82) is 0 Å². The lowest BCUT2D eigenvalue weighted by Gasteiger charge is -2.12. The van der Waals surface area contributed by atoms with Crippen LogP contribution in [0.4, 0.5) is 0 Å². The summed E-state index contributed by atoms with van der Waals surface area (Å²) >= 11 is 5.89. The van der Waals surface area contributed by atoms with Gasteiger partial charge < -0.3 is 15.0 Å². The Morgan fingerprint density at radius 2 is 2.12 bits per heavy atom. The molecule has 0 amide bonds. The van der Waals surface area contributed by atoms with E-state index in [4.69, 9.17) is 16.3 Å². The summed E-state index contributed by atoms with van der Waals surface area (Å²) in [6.07, 6.45) is 0. The van der Waals surface area contributed by atoms with Gasteiger partial charge in [0.2, 0.25) is 0 Å². The number of halogens is 1. The van der Waals surface area contributed by atoms with Gasteiger partial charge in [0.15, 0.2) is 0 Å². The van der Waals surface area contributed by atoms with E-state index in [0.717, 1.165) is 30.9 Å². The molecule has 16 heavy (non-hydrogen) atoms. The molecule has 0 bridgehead atoms. The minimum absolute atomic E-state index is 0.703. The molecule has 0 spiro atoms. The van der Waals surface area contributed by atoms with Gasteiger partial charge >= 0.3 is 0 Å². The summed E-state index contributed by atoms with van der Waals surface area (Å²) in [5, 5.41) is 4.07. The Morgan fingerprint density at radius 3 is 2.75 bits per heavy atom. The van der Waals surface area contributed by atoms with Crippen molar-refractivity contribution in [3.63, 3.8) is 0 Å². The molecule has 0 fully saturated rings. The second kappa shape index (κ2) is 6.74. The molecule has 0 atom stereocenters. The van der Waals surface area contributed by atoms with Crippen LogP contribution in [0.2, 0.25) is 5.02 Å². The first-order valence-corrected chi connectivity index (χ1v) is 5.69. The molecule has 0 aliphatic heterocycles. The third-order valence-electron chi connectivity index (χ3n) is 2.30. The number of nitrogens with one attached hydrogen (secondary N) is 1. The van der Waals surface area contributed by atoms with Gasteiger partial charge in [-0.25, -0.2) is 0 Å². The van der Waals surface area contributed by atoms with Crippen molar-refractivity contribution < 1.29 is 4.74 Å². The highest BCUT2D eigenvalue weighted by molar-refractivity contribution is 6.30. The largest absolute Gasteiger partial charge is 0.496 e. The maximum atomic E-state index is 5.89. The first kappa shape index (κ1) is 13.3. The van der Waals surface area contributed by atoms with Crippen LogP contribution in [-0.2, 0) is 6.54 Å². The van der Waals surface area contributed by atoms with Crippen LogP contribution in [0.1, 0.15) is 5.56 Å². The molecule has 4 heteroatoms. The van der Waals surface area contributed by atoms with Crippen molar-refractivity contribution in [1.82, 2.24) is 10.2 Å². The Morgan fingerprint density at radius 1 is 1.38 bits per heavy atom. The molecule has 0 heterocycles. The van der Waals surface area contributed by atoms with Crippen LogP contribution in [0.15, 0.2) is 18.2 Å². The van der Waals surface area contributed by atoms with Crippen molar-refractivity contribution in [2.75, 3.05) is 34.3 Å². The number of hydrogen-bond acceptors (Lipinski definition) is 3. The molecule has 0 unspecified atom stereocenters. The summed E-state index contributed by atoms with van der Waals surface area (Å²) < 4.78 is 5.27. The smallest absolute Gasteiger partial charge is 0.124 e. The Hall–Kier alpha value is -0.770. The Kier molecular flexibility index (Phi) is 5.60. The molecule has 0 aromatic heterocycles.